The lowest BCUT2D eigenvalue weighted by atomic mass is 10.2. The fourth-order valence-electron chi connectivity index (χ4n) is 1.80. The highest BCUT2D eigenvalue weighted by molar-refractivity contribution is 5.68. The minimum atomic E-state index is -0.463. The molecule has 2 aromatic rings. The molecular formula is C13H17FN4O. The number of nitrogens with zero attached hydrogens (tertiary/aromatic N) is 2. The third kappa shape index (κ3) is 3.15. The van der Waals surface area contributed by atoms with Gasteiger partial charge in [-0.3, -0.25) is 4.68 Å². The number of hydrogen-bond donors (Lipinski definition) is 2. The first kappa shape index (κ1) is 13.2. The maximum Gasteiger partial charge on any atom is 0.167 e. The normalized spacial score (nSPS) is 10.5. The molecule has 0 amide bonds. The maximum atomic E-state index is 13.4. The first-order valence-corrected chi connectivity index (χ1v) is 5.95. The minimum Gasteiger partial charge on any atom is -0.494 e. The second-order valence-corrected chi connectivity index (χ2v) is 4.23. The molecule has 2 rings (SSSR count). The van der Waals surface area contributed by atoms with Gasteiger partial charge in [-0.05, 0) is 6.07 Å². The van der Waals surface area contributed by atoms with E-state index in [1.54, 1.807) is 10.7 Å². The van der Waals surface area contributed by atoms with Gasteiger partial charge in [-0.2, -0.15) is 5.10 Å². The Bertz CT molecular complexity index is 568. The van der Waals surface area contributed by atoms with Gasteiger partial charge in [-0.25, -0.2) is 4.39 Å². The zero-order valence-electron chi connectivity index (χ0n) is 11.0. The third-order valence-corrected chi connectivity index (χ3v) is 2.79. The summed E-state index contributed by atoms with van der Waals surface area (Å²) in [6.07, 6.45) is 2.66. The number of halogens is 1. The van der Waals surface area contributed by atoms with Crippen molar-refractivity contribution in [2.45, 2.75) is 6.42 Å². The molecule has 0 fully saturated rings. The lowest BCUT2D eigenvalue weighted by molar-refractivity contribution is 0.387. The van der Waals surface area contributed by atoms with E-state index in [1.165, 1.54) is 13.2 Å². The lowest BCUT2D eigenvalue weighted by Gasteiger charge is -2.11. The minimum absolute atomic E-state index is 0.175. The second kappa shape index (κ2) is 5.60. The predicted molar refractivity (Wildman–Crippen MR) is 72.8 cm³/mol. The monoisotopic (exact) mass is 264 g/mol. The molecule has 19 heavy (non-hydrogen) atoms. The summed E-state index contributed by atoms with van der Waals surface area (Å²) in [6.45, 7) is 0.663. The van der Waals surface area contributed by atoms with Crippen LogP contribution < -0.4 is 15.8 Å². The van der Waals surface area contributed by atoms with Gasteiger partial charge in [0.1, 0.15) is 0 Å². The smallest absolute Gasteiger partial charge is 0.167 e. The Labute approximate surface area is 111 Å². The molecule has 0 atom stereocenters. The summed E-state index contributed by atoms with van der Waals surface area (Å²) >= 11 is 0. The molecular weight excluding hydrogens is 247 g/mol. The number of methoxy groups -OCH3 is 1. The van der Waals surface area contributed by atoms with E-state index in [0.717, 1.165) is 12.1 Å². The van der Waals surface area contributed by atoms with Crippen LogP contribution in [-0.2, 0) is 13.5 Å². The number of rotatable bonds is 5. The van der Waals surface area contributed by atoms with Crippen molar-refractivity contribution in [1.29, 1.82) is 0 Å². The van der Waals surface area contributed by atoms with Crippen molar-refractivity contribution < 1.29 is 9.13 Å². The van der Waals surface area contributed by atoms with Gasteiger partial charge < -0.3 is 15.8 Å². The number of benzene rings is 1. The van der Waals surface area contributed by atoms with Crippen molar-refractivity contribution in [2.24, 2.45) is 7.05 Å². The van der Waals surface area contributed by atoms with Crippen LogP contribution in [0, 0.1) is 5.82 Å². The van der Waals surface area contributed by atoms with E-state index in [0.29, 0.717) is 17.9 Å². The van der Waals surface area contributed by atoms with E-state index in [2.05, 4.69) is 10.4 Å². The average molecular weight is 264 g/mol. The van der Waals surface area contributed by atoms with Crippen molar-refractivity contribution in [2.75, 3.05) is 24.7 Å². The van der Waals surface area contributed by atoms with E-state index in [4.69, 9.17) is 10.5 Å². The fraction of sp³-hybridized carbons (Fsp3) is 0.308. The molecule has 0 saturated heterocycles. The van der Waals surface area contributed by atoms with Crippen LogP contribution in [0.4, 0.5) is 15.8 Å². The van der Waals surface area contributed by atoms with Gasteiger partial charge in [-0.1, -0.05) is 0 Å². The van der Waals surface area contributed by atoms with Crippen molar-refractivity contribution in [3.05, 3.63) is 35.9 Å². The van der Waals surface area contributed by atoms with Crippen LogP contribution in [0.15, 0.2) is 24.4 Å². The van der Waals surface area contributed by atoms with E-state index in [1.807, 2.05) is 19.3 Å². The van der Waals surface area contributed by atoms with Crippen molar-refractivity contribution >= 4 is 11.4 Å². The largest absolute Gasteiger partial charge is 0.494 e. The molecule has 1 heterocycles. The van der Waals surface area contributed by atoms with E-state index in [-0.39, 0.29) is 5.75 Å². The highest BCUT2D eigenvalue weighted by atomic mass is 19.1. The van der Waals surface area contributed by atoms with Crippen LogP contribution in [0.5, 0.6) is 5.75 Å². The number of nitrogen functional groups attached to an aromatic ring is 1. The first-order chi connectivity index (χ1) is 9.10. The Hall–Kier alpha value is -2.24. The molecule has 1 aromatic carbocycles. The Morgan fingerprint density at radius 2 is 2.26 bits per heavy atom. The van der Waals surface area contributed by atoms with Gasteiger partial charge in [-0.15, -0.1) is 0 Å². The van der Waals surface area contributed by atoms with Crippen molar-refractivity contribution in [1.82, 2.24) is 9.78 Å². The van der Waals surface area contributed by atoms with Crippen LogP contribution in [0.25, 0.3) is 0 Å². The molecule has 3 N–H and O–H groups in total. The van der Waals surface area contributed by atoms with Gasteiger partial charge in [0.15, 0.2) is 11.6 Å². The number of aromatic nitrogens is 2. The number of ether oxygens (including phenoxy) is 1. The van der Waals surface area contributed by atoms with Gasteiger partial charge in [0.25, 0.3) is 0 Å². The first-order valence-electron chi connectivity index (χ1n) is 5.95. The molecule has 0 spiro atoms. The number of nitrogens with one attached hydrogen (secondary N) is 1. The molecule has 0 aliphatic heterocycles. The summed E-state index contributed by atoms with van der Waals surface area (Å²) in [5.74, 6) is -0.287. The highest BCUT2D eigenvalue weighted by Crippen LogP contribution is 2.27. The standard InChI is InChI=1S/C13H17FN4O/c1-18-6-4-9(17-18)3-5-16-12-8-13(19-2)10(14)7-11(12)15/h4,6-8,16H,3,5,15H2,1-2H3. The summed E-state index contributed by atoms with van der Waals surface area (Å²) in [6, 6.07) is 4.77. The van der Waals surface area contributed by atoms with E-state index < -0.39 is 5.82 Å². The molecule has 0 bridgehead atoms. The third-order valence-electron chi connectivity index (χ3n) is 2.79. The van der Waals surface area contributed by atoms with Gasteiger partial charge >= 0.3 is 0 Å². The zero-order valence-corrected chi connectivity index (χ0v) is 11.0. The Kier molecular flexibility index (Phi) is 3.89. The average Bonchev–Trinajstić information content (AvgIpc) is 2.78. The summed E-state index contributed by atoms with van der Waals surface area (Å²) in [5.41, 5.74) is 7.76. The topological polar surface area (TPSA) is 65.1 Å². The van der Waals surface area contributed by atoms with Crippen LogP contribution >= 0.6 is 0 Å². The Balaban J connectivity index is 1.99. The summed E-state index contributed by atoms with van der Waals surface area (Å²) in [7, 11) is 3.30. The van der Waals surface area contributed by atoms with Crippen LogP contribution in [-0.4, -0.2) is 23.4 Å². The summed E-state index contributed by atoms with van der Waals surface area (Å²) in [5, 5.41) is 7.42. The Morgan fingerprint density at radius 1 is 1.47 bits per heavy atom. The summed E-state index contributed by atoms with van der Waals surface area (Å²) in [4.78, 5) is 0. The van der Waals surface area contributed by atoms with E-state index in [9.17, 15) is 4.39 Å². The lowest BCUT2D eigenvalue weighted by Crippen LogP contribution is -2.08. The van der Waals surface area contributed by atoms with Crippen LogP contribution in [0.1, 0.15) is 5.69 Å². The molecule has 102 valence electrons. The molecule has 1 aromatic heterocycles. The van der Waals surface area contributed by atoms with Crippen molar-refractivity contribution in [3.63, 3.8) is 0 Å². The molecule has 0 radical (unpaired) electrons. The molecule has 5 nitrogen and oxygen atoms in total. The maximum absolute atomic E-state index is 13.4. The van der Waals surface area contributed by atoms with Crippen LogP contribution in [0.3, 0.4) is 0 Å². The number of aryl methyl sites for hydroxylation is 1. The summed E-state index contributed by atoms with van der Waals surface area (Å²) < 4.78 is 20.1. The van der Waals surface area contributed by atoms with E-state index >= 15 is 0 Å². The number of anilines is 2. The molecule has 0 aliphatic carbocycles. The zero-order chi connectivity index (χ0) is 13.8. The molecule has 0 aliphatic rings. The van der Waals surface area contributed by atoms with Gasteiger partial charge in [0.2, 0.25) is 0 Å². The Morgan fingerprint density at radius 3 is 2.89 bits per heavy atom. The molecule has 0 saturated carbocycles. The fourth-order valence-corrected chi connectivity index (χ4v) is 1.80. The molecule has 0 unspecified atom stereocenters. The van der Waals surface area contributed by atoms with Gasteiger partial charge in [0, 0.05) is 38.3 Å². The van der Waals surface area contributed by atoms with Gasteiger partial charge in [0.05, 0.1) is 24.2 Å². The van der Waals surface area contributed by atoms with Crippen molar-refractivity contribution in [3.8, 4) is 5.75 Å². The highest BCUT2D eigenvalue weighted by Gasteiger charge is 2.08. The molecule has 6 heteroatoms. The van der Waals surface area contributed by atoms with Crippen LogP contribution in [0.2, 0.25) is 0 Å². The quantitative estimate of drug-likeness (QED) is 0.808. The SMILES string of the molecule is COc1cc(NCCc2ccn(C)n2)c(N)cc1F. The predicted octanol–water partition coefficient (Wildman–Crippen LogP) is 1.80. The number of hydrogen-bond acceptors (Lipinski definition) is 4. The second-order valence-electron chi connectivity index (χ2n) is 4.23. The number of nitrogens with two attached hydrogens (primary N) is 1.